The second-order valence-electron chi connectivity index (χ2n) is 27.6. The minimum Gasteiger partial charge on any atom is -0.468 e. The summed E-state index contributed by atoms with van der Waals surface area (Å²) in [6.07, 6.45) is 4.59. The Hall–Kier alpha value is -7.04. The molecule has 8 aromatic carbocycles. The fraction of sp³-hybridized carbons (Fsp3) is 0.324. The topological polar surface area (TPSA) is 19.6 Å². The average molecular weight is 1020 g/mol. The van der Waals surface area contributed by atoms with E-state index < -0.39 is 0 Å². The van der Waals surface area contributed by atoms with Gasteiger partial charge in [-0.15, -0.1) is 0 Å². The van der Waals surface area contributed by atoms with E-state index in [0.29, 0.717) is 0 Å². The number of nitrogens with zero attached hydrogens (tertiary/aromatic N) is 2. The van der Waals surface area contributed by atoms with Crippen molar-refractivity contribution in [3.8, 4) is 11.1 Å². The van der Waals surface area contributed by atoms with E-state index in [1.807, 2.05) is 0 Å². The van der Waals surface area contributed by atoms with Crippen molar-refractivity contribution in [3.05, 3.63) is 219 Å². The molecular formula is C74H77BN2O. The van der Waals surface area contributed by atoms with Crippen LogP contribution in [0.1, 0.15) is 169 Å². The summed E-state index contributed by atoms with van der Waals surface area (Å²) >= 11 is 0. The summed E-state index contributed by atoms with van der Waals surface area (Å²) in [5.41, 5.74) is 29.0. The van der Waals surface area contributed by atoms with Crippen molar-refractivity contribution in [1.82, 2.24) is 0 Å². The van der Waals surface area contributed by atoms with Gasteiger partial charge in [0.2, 0.25) is 0 Å². The van der Waals surface area contributed by atoms with Gasteiger partial charge in [0, 0.05) is 39.6 Å². The Labute approximate surface area is 465 Å². The van der Waals surface area contributed by atoms with Gasteiger partial charge >= 0.3 is 0 Å². The second-order valence-corrected chi connectivity index (χ2v) is 27.6. The lowest BCUT2D eigenvalue weighted by Crippen LogP contribution is -2.61. The Morgan fingerprint density at radius 1 is 0.500 bits per heavy atom. The molecule has 0 saturated carbocycles. The first-order valence-corrected chi connectivity index (χ1v) is 29.0. The van der Waals surface area contributed by atoms with Gasteiger partial charge in [-0.3, -0.25) is 0 Å². The number of anilines is 6. The third kappa shape index (κ3) is 7.81. The van der Waals surface area contributed by atoms with Gasteiger partial charge in [-0.25, -0.2) is 0 Å². The summed E-state index contributed by atoms with van der Waals surface area (Å²) in [5.74, 6) is 0.00328. The maximum atomic E-state index is 7.58. The molecule has 4 aliphatic rings. The summed E-state index contributed by atoms with van der Waals surface area (Å²) < 4.78 is 7.58. The van der Waals surface area contributed by atoms with Crippen LogP contribution in [0.15, 0.2) is 162 Å². The van der Waals surface area contributed by atoms with Gasteiger partial charge < -0.3 is 14.2 Å². The first kappa shape index (κ1) is 50.5. The van der Waals surface area contributed by atoms with E-state index in [1.54, 1.807) is 0 Å². The fourth-order valence-electron chi connectivity index (χ4n) is 14.5. The summed E-state index contributed by atoms with van der Waals surface area (Å²) in [4.78, 5) is 5.32. The smallest absolute Gasteiger partial charge is 0.297 e. The van der Waals surface area contributed by atoms with Crippen molar-refractivity contribution in [3.63, 3.8) is 0 Å². The van der Waals surface area contributed by atoms with Gasteiger partial charge in [0.05, 0.1) is 17.0 Å². The van der Waals surface area contributed by atoms with Crippen LogP contribution in [0.5, 0.6) is 0 Å². The molecule has 13 rings (SSSR count). The lowest BCUT2D eigenvalue weighted by atomic mass is 9.35. The number of fused-ring (bicyclic) bond motifs is 8. The number of rotatable bonds is 6. The van der Waals surface area contributed by atoms with Crippen LogP contribution in [0.3, 0.4) is 0 Å². The highest BCUT2D eigenvalue weighted by molar-refractivity contribution is 7.00. The quantitative estimate of drug-likeness (QED) is 0.122. The van der Waals surface area contributed by atoms with Crippen LogP contribution in [0.4, 0.5) is 34.1 Å². The Bertz CT molecular complexity index is 3870. The predicted molar refractivity (Wildman–Crippen MR) is 333 cm³/mol. The average Bonchev–Trinajstić information content (AvgIpc) is 3.00. The normalized spacial score (nSPS) is 17.3. The monoisotopic (exact) mass is 1020 g/mol. The van der Waals surface area contributed by atoms with Crippen LogP contribution < -0.4 is 26.4 Å². The molecule has 0 bridgehead atoms. The standard InChI is InChI=1S/C74H77BN2O/c1-45-38-63-67-64(39-45)77(61-44-59-58(73(11,12)36-37-74(59,13)14)43-54(61)48-24-16-15-17-25-48)62-40-49(66(52-26-20-18-22-46(52)2)53-27-21-19-23-47(53)3)28-32-60(62)75(67)69-68(55-41-50(70(4,5)6)29-33-65(55)78-69)76(63)51-30-31-56-57(42-51)72(9,10)35-34-71(56,7)8/h15-33,38-44,66H,34-37H2,1-14H3. The fourth-order valence-corrected chi connectivity index (χ4v) is 14.5. The van der Waals surface area contributed by atoms with Crippen LogP contribution >= 0.6 is 0 Å². The Morgan fingerprint density at radius 3 is 1.68 bits per heavy atom. The van der Waals surface area contributed by atoms with Crippen LogP contribution in [0.2, 0.25) is 0 Å². The molecule has 2 aliphatic heterocycles. The molecular weight excluding hydrogens is 944 g/mol. The molecule has 2 aliphatic carbocycles. The predicted octanol–water partition coefficient (Wildman–Crippen LogP) is 18.3. The highest BCUT2D eigenvalue weighted by Gasteiger charge is 2.49. The molecule has 0 spiro atoms. The zero-order chi connectivity index (χ0) is 54.6. The van der Waals surface area contributed by atoms with E-state index in [-0.39, 0.29) is 39.7 Å². The van der Waals surface area contributed by atoms with Crippen molar-refractivity contribution >= 4 is 68.4 Å². The van der Waals surface area contributed by atoms with Crippen molar-refractivity contribution in [1.29, 1.82) is 0 Å². The molecule has 0 fully saturated rings. The van der Waals surface area contributed by atoms with Gasteiger partial charge in [0.1, 0.15) is 5.58 Å². The number of hydrogen-bond acceptors (Lipinski definition) is 3. The summed E-state index contributed by atoms with van der Waals surface area (Å²) in [5, 5.41) is 1.16. The molecule has 1 aromatic heterocycles. The molecule has 0 unspecified atom stereocenters. The van der Waals surface area contributed by atoms with Crippen LogP contribution in [0.25, 0.3) is 22.1 Å². The highest BCUT2D eigenvalue weighted by atomic mass is 16.3. The SMILES string of the molecule is Cc1cc2c3c(c1)N(c1ccc4c(c1)C(C)(C)CCC4(C)C)c1c(oc4ccc(C(C)(C)C)cc14)B3c1ccc(C(c3ccccc3C)c3ccccc3C)cc1N2c1cc2c(cc1-c1ccccc1)C(C)(C)CCC2(C)C. The van der Waals surface area contributed by atoms with Gasteiger partial charge in [-0.1, -0.05) is 179 Å². The third-order valence-corrected chi connectivity index (χ3v) is 19.4. The van der Waals surface area contributed by atoms with Gasteiger partial charge in [-0.05, 0) is 206 Å². The van der Waals surface area contributed by atoms with Gasteiger partial charge in [0.15, 0.2) is 0 Å². The zero-order valence-corrected chi connectivity index (χ0v) is 48.8. The van der Waals surface area contributed by atoms with E-state index in [0.717, 1.165) is 41.6 Å². The van der Waals surface area contributed by atoms with Crippen molar-refractivity contribution < 1.29 is 4.42 Å². The van der Waals surface area contributed by atoms with Crippen LogP contribution in [-0.2, 0) is 27.1 Å². The molecule has 9 aromatic rings. The number of furan rings is 1. The van der Waals surface area contributed by atoms with Crippen molar-refractivity contribution in [2.24, 2.45) is 0 Å². The van der Waals surface area contributed by atoms with E-state index in [9.17, 15) is 0 Å². The van der Waals surface area contributed by atoms with Crippen LogP contribution in [0, 0.1) is 20.8 Å². The van der Waals surface area contributed by atoms with E-state index in [1.165, 1.54) is 118 Å². The minimum atomic E-state index is -0.191. The zero-order valence-electron chi connectivity index (χ0n) is 48.8. The van der Waals surface area contributed by atoms with Gasteiger partial charge in [-0.2, -0.15) is 0 Å². The summed E-state index contributed by atoms with van der Waals surface area (Å²) in [6.45, 7) is 33.3. The molecule has 4 heteroatoms. The Balaban J connectivity index is 1.17. The first-order chi connectivity index (χ1) is 37.0. The van der Waals surface area contributed by atoms with Crippen molar-refractivity contribution in [2.75, 3.05) is 9.80 Å². The van der Waals surface area contributed by atoms with Gasteiger partial charge in [0.25, 0.3) is 6.71 Å². The minimum absolute atomic E-state index is 0.00328. The summed E-state index contributed by atoms with van der Waals surface area (Å²) in [7, 11) is 0. The highest BCUT2D eigenvalue weighted by Crippen LogP contribution is 2.55. The lowest BCUT2D eigenvalue weighted by molar-refractivity contribution is 0.332. The molecule has 78 heavy (non-hydrogen) atoms. The number of benzene rings is 8. The van der Waals surface area contributed by atoms with E-state index >= 15 is 0 Å². The summed E-state index contributed by atoms with van der Waals surface area (Å²) in [6, 6.07) is 61.4. The molecule has 3 nitrogen and oxygen atoms in total. The van der Waals surface area contributed by atoms with E-state index in [2.05, 4.69) is 264 Å². The largest absolute Gasteiger partial charge is 0.468 e. The lowest BCUT2D eigenvalue weighted by Gasteiger charge is -2.46. The van der Waals surface area contributed by atoms with Crippen molar-refractivity contribution in [2.45, 2.75) is 156 Å². The molecule has 0 radical (unpaired) electrons. The van der Waals surface area contributed by atoms with E-state index in [4.69, 9.17) is 4.42 Å². The molecule has 0 amide bonds. The molecule has 0 saturated heterocycles. The molecule has 0 N–H and O–H groups in total. The Morgan fingerprint density at radius 2 is 1.06 bits per heavy atom. The maximum Gasteiger partial charge on any atom is 0.297 e. The number of aryl methyl sites for hydroxylation is 3. The number of hydrogen-bond donors (Lipinski definition) is 0. The molecule has 0 atom stereocenters. The second kappa shape index (κ2) is 17.5. The molecule has 392 valence electrons. The van der Waals surface area contributed by atoms with Crippen LogP contribution in [-0.4, -0.2) is 6.71 Å². The maximum absolute atomic E-state index is 7.58. The first-order valence-electron chi connectivity index (χ1n) is 29.0. The third-order valence-electron chi connectivity index (χ3n) is 19.4. The molecule has 3 heterocycles. The Kier molecular flexibility index (Phi) is 11.3.